The molecule has 0 aliphatic carbocycles. The quantitative estimate of drug-likeness (QED) is 0.280. The number of halogens is 1. The Morgan fingerprint density at radius 3 is 2.56 bits per heavy atom. The molecule has 41 heavy (non-hydrogen) atoms. The van der Waals surface area contributed by atoms with Crippen LogP contribution in [0, 0.1) is 20.8 Å². The van der Waals surface area contributed by atoms with Gasteiger partial charge >= 0.3 is 0 Å². The summed E-state index contributed by atoms with van der Waals surface area (Å²) in [5.74, 6) is 2.54. The Balaban J connectivity index is 0.000000850. The van der Waals surface area contributed by atoms with Crippen molar-refractivity contribution in [3.05, 3.63) is 40.2 Å². The van der Waals surface area contributed by atoms with E-state index in [0.717, 1.165) is 54.3 Å². The van der Waals surface area contributed by atoms with Crippen LogP contribution in [0.1, 0.15) is 36.8 Å². The summed E-state index contributed by atoms with van der Waals surface area (Å²) in [5.41, 5.74) is 3.98. The number of aliphatic hydroxyl groups is 1. The van der Waals surface area contributed by atoms with Gasteiger partial charge in [0.25, 0.3) is 6.47 Å². The van der Waals surface area contributed by atoms with Gasteiger partial charge in [0.1, 0.15) is 30.0 Å². The molecule has 1 saturated heterocycles. The Labute approximate surface area is 246 Å². The normalized spacial score (nSPS) is 14.6. The summed E-state index contributed by atoms with van der Waals surface area (Å²) in [5, 5.41) is 21.3. The Morgan fingerprint density at radius 2 is 1.98 bits per heavy atom. The van der Waals surface area contributed by atoms with Crippen LogP contribution in [0.4, 0.5) is 5.82 Å². The second-order valence-electron chi connectivity index (χ2n) is 10.0. The average Bonchev–Trinajstić information content (AvgIpc) is 3.29. The molecule has 3 heterocycles. The Hall–Kier alpha value is -3.25. The molecule has 3 aromatic rings. The number of nitrogens with one attached hydrogen (secondary N) is 2. The largest absolute Gasteiger partial charge is 0.491 e. The summed E-state index contributed by atoms with van der Waals surface area (Å²) < 4.78 is 15.4. The van der Waals surface area contributed by atoms with E-state index in [1.54, 1.807) is 26.1 Å². The zero-order valence-electron chi connectivity index (χ0n) is 24.7. The lowest BCUT2D eigenvalue weighted by Gasteiger charge is -2.30. The van der Waals surface area contributed by atoms with Gasteiger partial charge in [-0.05, 0) is 85.9 Å². The Morgan fingerprint density at radius 1 is 1.24 bits per heavy atom. The van der Waals surface area contributed by atoms with E-state index < -0.39 is 6.10 Å². The maximum Gasteiger partial charge on any atom is 0.293 e. The predicted molar refractivity (Wildman–Crippen MR) is 159 cm³/mol. The van der Waals surface area contributed by atoms with E-state index in [2.05, 4.69) is 32.5 Å². The molecule has 1 fully saturated rings. The van der Waals surface area contributed by atoms with Crippen LogP contribution in [-0.4, -0.2) is 90.7 Å². The summed E-state index contributed by atoms with van der Waals surface area (Å²) in [6, 6.07) is 5.67. The van der Waals surface area contributed by atoms with Crippen molar-refractivity contribution >= 4 is 23.9 Å². The number of aryl methyl sites for hydroxylation is 2. The Kier molecular flexibility index (Phi) is 12.3. The second kappa shape index (κ2) is 15.7. The highest BCUT2D eigenvalue weighted by Gasteiger charge is 2.24. The van der Waals surface area contributed by atoms with Gasteiger partial charge in [-0.25, -0.2) is 9.97 Å². The van der Waals surface area contributed by atoms with E-state index in [1.165, 1.54) is 0 Å². The SMILES string of the molecule is CCOC=O.CNCC(O)COc1ccc(Cl)c(-c2nc(NC3CCN(C)CC3)c(C)c(-c3c(C)noc3C)n2)c1. The zero-order chi connectivity index (χ0) is 29.9. The predicted octanol–water partition coefficient (Wildman–Crippen LogP) is 4.02. The van der Waals surface area contributed by atoms with Crippen LogP contribution >= 0.6 is 11.6 Å². The van der Waals surface area contributed by atoms with Crippen LogP contribution in [-0.2, 0) is 9.53 Å². The third kappa shape index (κ3) is 8.87. The van der Waals surface area contributed by atoms with Crippen molar-refractivity contribution in [2.75, 3.05) is 52.3 Å². The van der Waals surface area contributed by atoms with E-state index in [9.17, 15) is 9.90 Å². The third-order valence-corrected chi connectivity index (χ3v) is 7.10. The number of likely N-dealkylation sites (N-methyl/N-ethyl adjacent to an activating group) is 1. The van der Waals surface area contributed by atoms with Crippen molar-refractivity contribution in [2.24, 2.45) is 0 Å². The van der Waals surface area contributed by atoms with Crippen molar-refractivity contribution < 1.29 is 23.9 Å². The number of aliphatic hydroxyl groups excluding tert-OH is 1. The summed E-state index contributed by atoms with van der Waals surface area (Å²) in [6.07, 6.45) is 1.45. The monoisotopic (exact) mass is 588 g/mol. The van der Waals surface area contributed by atoms with E-state index >= 15 is 0 Å². The molecule has 1 aliphatic rings. The summed E-state index contributed by atoms with van der Waals surface area (Å²) >= 11 is 6.63. The summed E-state index contributed by atoms with van der Waals surface area (Å²) in [4.78, 5) is 21.4. The fourth-order valence-electron chi connectivity index (χ4n) is 4.51. The van der Waals surface area contributed by atoms with E-state index in [-0.39, 0.29) is 6.61 Å². The number of hydrogen-bond donors (Lipinski definition) is 3. The number of ether oxygens (including phenoxy) is 2. The van der Waals surface area contributed by atoms with Gasteiger partial charge in [0, 0.05) is 23.7 Å². The summed E-state index contributed by atoms with van der Waals surface area (Å²) in [6.45, 7) is 11.2. The van der Waals surface area contributed by atoms with Crippen molar-refractivity contribution in [3.63, 3.8) is 0 Å². The lowest BCUT2D eigenvalue weighted by atomic mass is 10.0. The first-order valence-electron chi connectivity index (χ1n) is 13.8. The van der Waals surface area contributed by atoms with Gasteiger partial charge in [-0.1, -0.05) is 16.8 Å². The first-order chi connectivity index (χ1) is 19.7. The number of anilines is 1. The lowest BCUT2D eigenvalue weighted by molar-refractivity contribution is -0.128. The van der Waals surface area contributed by atoms with E-state index in [0.29, 0.717) is 53.6 Å². The van der Waals surface area contributed by atoms with Crippen LogP contribution in [0.25, 0.3) is 22.6 Å². The molecule has 0 saturated carbocycles. The Bertz CT molecular complexity index is 1260. The highest BCUT2D eigenvalue weighted by Crippen LogP contribution is 2.36. The molecule has 2 aromatic heterocycles. The molecule has 1 aromatic carbocycles. The zero-order valence-corrected chi connectivity index (χ0v) is 25.4. The maximum absolute atomic E-state index is 10.0. The minimum absolute atomic E-state index is 0.157. The molecule has 12 heteroatoms. The van der Waals surface area contributed by atoms with Crippen LogP contribution < -0.4 is 15.4 Å². The van der Waals surface area contributed by atoms with Crippen molar-refractivity contribution in [3.8, 4) is 28.4 Å². The molecule has 4 rings (SSSR count). The van der Waals surface area contributed by atoms with Gasteiger partial charge in [-0.2, -0.15) is 0 Å². The highest BCUT2D eigenvalue weighted by molar-refractivity contribution is 6.33. The lowest BCUT2D eigenvalue weighted by Crippen LogP contribution is -2.37. The number of nitrogens with zero attached hydrogens (tertiary/aromatic N) is 4. The van der Waals surface area contributed by atoms with Crippen molar-refractivity contribution in [2.45, 2.75) is 52.7 Å². The standard InChI is InChI=1S/C26H35ClN6O3.C3H6O2/c1-15-24(23-16(2)32-36-17(23)3)30-26(31-25(15)29-18-8-10-33(5)11-9-18)21-12-20(6-7-22(21)27)35-14-19(34)13-28-4;1-2-5-3-4/h6-7,12,18-19,28,34H,8-11,13-14H2,1-5H3,(H,29,30,31);3H,2H2,1H3. The molecular formula is C29H41ClN6O5. The third-order valence-electron chi connectivity index (χ3n) is 6.77. The molecule has 0 radical (unpaired) electrons. The molecular weight excluding hydrogens is 548 g/mol. The number of piperidine rings is 1. The molecule has 11 nitrogen and oxygen atoms in total. The van der Waals surface area contributed by atoms with Gasteiger partial charge in [-0.3, -0.25) is 4.79 Å². The molecule has 0 bridgehead atoms. The van der Waals surface area contributed by atoms with Gasteiger partial charge in [0.2, 0.25) is 0 Å². The van der Waals surface area contributed by atoms with E-state index in [4.69, 9.17) is 30.8 Å². The van der Waals surface area contributed by atoms with Gasteiger partial charge in [-0.15, -0.1) is 0 Å². The first-order valence-corrected chi connectivity index (χ1v) is 14.1. The smallest absolute Gasteiger partial charge is 0.293 e. The second-order valence-corrected chi connectivity index (χ2v) is 10.4. The fraction of sp³-hybridized carbons (Fsp3) is 0.517. The molecule has 0 spiro atoms. The molecule has 1 aliphatic heterocycles. The molecule has 1 atom stereocenters. The number of benzene rings is 1. The number of rotatable bonds is 11. The number of hydrogen-bond acceptors (Lipinski definition) is 11. The fourth-order valence-corrected chi connectivity index (χ4v) is 4.71. The van der Waals surface area contributed by atoms with Crippen LogP contribution in [0.3, 0.4) is 0 Å². The molecule has 3 N–H and O–H groups in total. The van der Waals surface area contributed by atoms with Crippen molar-refractivity contribution in [1.29, 1.82) is 0 Å². The van der Waals surface area contributed by atoms with Crippen LogP contribution in [0.2, 0.25) is 5.02 Å². The number of likely N-dealkylation sites (tertiary alicyclic amines) is 1. The first kappa shape index (κ1) is 32.3. The molecule has 0 amide bonds. The van der Waals surface area contributed by atoms with Crippen LogP contribution in [0.5, 0.6) is 5.75 Å². The minimum Gasteiger partial charge on any atom is -0.491 e. The van der Waals surface area contributed by atoms with E-state index in [1.807, 2.05) is 26.8 Å². The number of carbonyl (C=O) groups is 1. The highest BCUT2D eigenvalue weighted by atomic mass is 35.5. The maximum atomic E-state index is 10.0. The number of carbonyl (C=O) groups excluding carboxylic acids is 1. The minimum atomic E-state index is -0.624. The molecule has 1 unspecified atom stereocenters. The van der Waals surface area contributed by atoms with Crippen LogP contribution in [0.15, 0.2) is 22.7 Å². The van der Waals surface area contributed by atoms with Gasteiger partial charge in [0.05, 0.1) is 28.6 Å². The van der Waals surface area contributed by atoms with Gasteiger partial charge < -0.3 is 34.6 Å². The topological polar surface area (TPSA) is 135 Å². The average molecular weight is 589 g/mol. The molecule has 224 valence electrons. The summed E-state index contributed by atoms with van der Waals surface area (Å²) in [7, 11) is 3.93. The van der Waals surface area contributed by atoms with Crippen molar-refractivity contribution in [1.82, 2.24) is 25.3 Å². The number of aromatic nitrogens is 3. The van der Waals surface area contributed by atoms with Gasteiger partial charge in [0.15, 0.2) is 5.82 Å².